The predicted octanol–water partition coefficient (Wildman–Crippen LogP) is 1.74. The second-order valence-electron chi connectivity index (χ2n) is 5.93. The molecule has 3 rings (SSSR count). The minimum Gasteiger partial charge on any atom is -0.307 e. The maximum Gasteiger partial charge on any atom is 0.242 e. The van der Waals surface area contributed by atoms with E-state index in [-0.39, 0.29) is 15.7 Å². The first-order valence-electron chi connectivity index (χ1n) is 7.11. The van der Waals surface area contributed by atoms with Crippen molar-refractivity contribution in [1.82, 2.24) is 9.71 Å². The van der Waals surface area contributed by atoms with Gasteiger partial charge < -0.3 is 5.43 Å². The molecule has 116 valence electrons. The number of hydrogen-bond donors (Lipinski definition) is 3. The van der Waals surface area contributed by atoms with Crippen molar-refractivity contribution < 1.29 is 8.42 Å². The summed E-state index contributed by atoms with van der Waals surface area (Å²) in [5, 5.41) is 0.181. The maximum atomic E-state index is 12.3. The van der Waals surface area contributed by atoms with Gasteiger partial charge in [-0.3, -0.25) is 0 Å². The van der Waals surface area contributed by atoms with Crippen LogP contribution in [0.5, 0.6) is 0 Å². The van der Waals surface area contributed by atoms with Crippen molar-refractivity contribution in [3.05, 3.63) is 17.3 Å². The summed E-state index contributed by atoms with van der Waals surface area (Å²) in [6, 6.07) is 1.35. The first-order valence-corrected chi connectivity index (χ1v) is 8.97. The topological polar surface area (TPSA) is 97.1 Å². The molecule has 0 amide bonds. The third-order valence-electron chi connectivity index (χ3n) is 4.68. The molecule has 4 N–H and O–H groups in total. The Hall–Kier alpha value is -0.890. The van der Waals surface area contributed by atoms with E-state index in [1.54, 1.807) is 0 Å². The van der Waals surface area contributed by atoms with Crippen LogP contribution in [0.3, 0.4) is 0 Å². The first kappa shape index (κ1) is 15.0. The van der Waals surface area contributed by atoms with Gasteiger partial charge in [-0.1, -0.05) is 18.0 Å². The molecule has 0 radical (unpaired) electrons. The van der Waals surface area contributed by atoms with Gasteiger partial charge in [0, 0.05) is 12.7 Å². The fourth-order valence-corrected chi connectivity index (χ4v) is 4.95. The molecule has 6 nitrogen and oxygen atoms in total. The lowest BCUT2D eigenvalue weighted by Crippen LogP contribution is -2.31. The van der Waals surface area contributed by atoms with E-state index in [1.165, 1.54) is 31.5 Å². The van der Waals surface area contributed by atoms with Crippen LogP contribution in [0.25, 0.3) is 0 Å². The lowest BCUT2D eigenvalue weighted by Gasteiger charge is -2.21. The van der Waals surface area contributed by atoms with Crippen molar-refractivity contribution in [2.24, 2.45) is 23.6 Å². The van der Waals surface area contributed by atoms with E-state index < -0.39 is 10.0 Å². The number of hydrogen-bond acceptors (Lipinski definition) is 5. The van der Waals surface area contributed by atoms with Crippen molar-refractivity contribution in [2.45, 2.75) is 30.6 Å². The summed E-state index contributed by atoms with van der Waals surface area (Å²) < 4.78 is 27.3. The SMILES string of the molecule is NNc1ncc(S(=O)(=O)NCC2CC3CCC2C3)cc1Cl. The minimum absolute atomic E-state index is 0.0645. The number of halogens is 1. The largest absolute Gasteiger partial charge is 0.307 e. The minimum atomic E-state index is -3.58. The predicted molar refractivity (Wildman–Crippen MR) is 81.2 cm³/mol. The van der Waals surface area contributed by atoms with Crippen molar-refractivity contribution in [1.29, 1.82) is 0 Å². The van der Waals surface area contributed by atoms with Crippen LogP contribution < -0.4 is 16.0 Å². The number of nitrogens with zero attached hydrogens (tertiary/aromatic N) is 1. The van der Waals surface area contributed by atoms with Gasteiger partial charge in [-0.05, 0) is 43.1 Å². The van der Waals surface area contributed by atoms with Gasteiger partial charge in [-0.25, -0.2) is 24.0 Å². The molecule has 21 heavy (non-hydrogen) atoms. The summed E-state index contributed by atoms with van der Waals surface area (Å²) in [6.07, 6.45) is 6.20. The number of rotatable bonds is 5. The van der Waals surface area contributed by atoms with Crippen LogP contribution >= 0.6 is 11.6 Å². The number of hydrazine groups is 1. The van der Waals surface area contributed by atoms with E-state index in [9.17, 15) is 8.42 Å². The van der Waals surface area contributed by atoms with Gasteiger partial charge in [0.2, 0.25) is 10.0 Å². The maximum absolute atomic E-state index is 12.3. The molecule has 8 heteroatoms. The van der Waals surface area contributed by atoms with Gasteiger partial charge in [0.05, 0.1) is 5.02 Å². The molecule has 2 saturated carbocycles. The van der Waals surface area contributed by atoms with Crippen LogP contribution in [0.2, 0.25) is 5.02 Å². The number of nitrogens with one attached hydrogen (secondary N) is 2. The Labute approximate surface area is 129 Å². The normalized spacial score (nSPS) is 28.0. The Bertz CT molecular complexity index is 637. The zero-order valence-electron chi connectivity index (χ0n) is 11.5. The fourth-order valence-electron chi connectivity index (χ4n) is 3.60. The average molecular weight is 331 g/mol. The van der Waals surface area contributed by atoms with Crippen LogP contribution in [0.4, 0.5) is 5.82 Å². The van der Waals surface area contributed by atoms with Gasteiger partial charge in [-0.15, -0.1) is 0 Å². The number of pyridine rings is 1. The Morgan fingerprint density at radius 1 is 1.38 bits per heavy atom. The van der Waals surface area contributed by atoms with Crippen LogP contribution in [0.1, 0.15) is 25.7 Å². The van der Waals surface area contributed by atoms with E-state index in [0.717, 1.165) is 12.3 Å². The first-order chi connectivity index (χ1) is 9.99. The van der Waals surface area contributed by atoms with E-state index in [1.807, 2.05) is 0 Å². The van der Waals surface area contributed by atoms with Crippen molar-refractivity contribution in [3.8, 4) is 0 Å². The van der Waals surface area contributed by atoms with Gasteiger partial charge in [-0.2, -0.15) is 0 Å². The highest BCUT2D eigenvalue weighted by Crippen LogP contribution is 2.48. The van der Waals surface area contributed by atoms with Crippen LogP contribution in [-0.4, -0.2) is 19.9 Å². The molecule has 0 aliphatic heterocycles. The molecule has 3 atom stereocenters. The monoisotopic (exact) mass is 330 g/mol. The lowest BCUT2D eigenvalue weighted by atomic mass is 9.89. The number of nitrogens with two attached hydrogens (primary N) is 1. The van der Waals surface area contributed by atoms with Crippen molar-refractivity contribution in [2.75, 3.05) is 12.0 Å². The molecule has 1 aromatic rings. The van der Waals surface area contributed by atoms with E-state index in [4.69, 9.17) is 17.4 Å². The van der Waals surface area contributed by atoms with Gasteiger partial charge in [0.15, 0.2) is 5.82 Å². The highest BCUT2D eigenvalue weighted by atomic mass is 35.5. The number of fused-ring (bicyclic) bond motifs is 2. The summed E-state index contributed by atoms with van der Waals surface area (Å²) in [4.78, 5) is 3.96. The van der Waals surface area contributed by atoms with Crippen molar-refractivity contribution >= 4 is 27.4 Å². The third kappa shape index (κ3) is 3.01. The van der Waals surface area contributed by atoms with E-state index in [2.05, 4.69) is 15.1 Å². The standard InChI is InChI=1S/C13H19ClN4O2S/c14-12-5-11(7-16-13(12)18-15)21(19,20)17-6-10-4-8-1-2-9(10)3-8/h5,7-10,17H,1-4,6,15H2,(H,16,18). The number of nitrogen functional groups attached to an aromatic ring is 1. The van der Waals surface area contributed by atoms with Crippen LogP contribution in [0.15, 0.2) is 17.2 Å². The summed E-state index contributed by atoms with van der Waals surface area (Å²) >= 11 is 5.92. The Morgan fingerprint density at radius 3 is 2.76 bits per heavy atom. The highest BCUT2D eigenvalue weighted by molar-refractivity contribution is 7.89. The average Bonchev–Trinajstić information content (AvgIpc) is 3.07. The fraction of sp³-hybridized carbons (Fsp3) is 0.615. The quantitative estimate of drug-likeness (QED) is 0.564. The number of sulfonamides is 1. The molecular weight excluding hydrogens is 312 g/mol. The number of aromatic nitrogens is 1. The Morgan fingerprint density at radius 2 is 2.19 bits per heavy atom. The summed E-state index contributed by atoms with van der Waals surface area (Å²) in [7, 11) is -3.58. The highest BCUT2D eigenvalue weighted by Gasteiger charge is 2.39. The molecule has 2 aliphatic carbocycles. The molecule has 2 fully saturated rings. The summed E-state index contributed by atoms with van der Waals surface area (Å²) in [6.45, 7) is 0.498. The third-order valence-corrected chi connectivity index (χ3v) is 6.36. The molecule has 0 spiro atoms. The Kier molecular flexibility index (Phi) is 4.09. The molecule has 1 aromatic heterocycles. The van der Waals surface area contributed by atoms with E-state index >= 15 is 0 Å². The van der Waals surface area contributed by atoms with Crippen molar-refractivity contribution in [3.63, 3.8) is 0 Å². The zero-order valence-corrected chi connectivity index (χ0v) is 13.1. The van der Waals surface area contributed by atoms with Gasteiger partial charge >= 0.3 is 0 Å². The summed E-state index contributed by atoms with van der Waals surface area (Å²) in [5.74, 6) is 7.43. The molecule has 2 aliphatic rings. The molecule has 2 bridgehead atoms. The second-order valence-corrected chi connectivity index (χ2v) is 8.11. The van der Waals surface area contributed by atoms with Crippen LogP contribution in [-0.2, 0) is 10.0 Å². The molecule has 1 heterocycles. The van der Waals surface area contributed by atoms with E-state index in [0.29, 0.717) is 18.4 Å². The molecule has 0 saturated heterocycles. The Balaban J connectivity index is 1.67. The lowest BCUT2D eigenvalue weighted by molar-refractivity contribution is 0.333. The molecule has 3 unspecified atom stereocenters. The molecular formula is C13H19ClN4O2S. The number of anilines is 1. The summed E-state index contributed by atoms with van der Waals surface area (Å²) in [5.41, 5.74) is 2.31. The molecule has 0 aromatic carbocycles. The second kappa shape index (κ2) is 5.72. The van der Waals surface area contributed by atoms with Crippen LogP contribution in [0, 0.1) is 17.8 Å². The van der Waals surface area contributed by atoms with Gasteiger partial charge in [0.1, 0.15) is 4.90 Å². The zero-order chi connectivity index (χ0) is 15.0. The smallest absolute Gasteiger partial charge is 0.242 e. The van der Waals surface area contributed by atoms with Gasteiger partial charge in [0.25, 0.3) is 0 Å².